The molecule has 1 atom stereocenters. The number of H-pyrrole nitrogens is 1. The summed E-state index contributed by atoms with van der Waals surface area (Å²) < 4.78 is 10.8. The fourth-order valence-electron chi connectivity index (χ4n) is 3.25. The van der Waals surface area contributed by atoms with Crippen molar-refractivity contribution in [2.75, 3.05) is 25.7 Å². The van der Waals surface area contributed by atoms with Gasteiger partial charge in [-0.25, -0.2) is 9.88 Å². The first kappa shape index (κ1) is 16.0. The highest BCUT2D eigenvalue weighted by molar-refractivity contribution is 5.57. The molecule has 1 aliphatic heterocycles. The third kappa shape index (κ3) is 2.84. The van der Waals surface area contributed by atoms with Crippen LogP contribution in [0.15, 0.2) is 36.5 Å². The van der Waals surface area contributed by atoms with Crippen LogP contribution in [-0.4, -0.2) is 25.7 Å². The first-order valence-corrected chi connectivity index (χ1v) is 7.79. The number of nitrogens with one attached hydrogen (secondary N) is 1. The Bertz CT molecular complexity index is 750. The zero-order chi connectivity index (χ0) is 17.1. The van der Waals surface area contributed by atoms with Crippen LogP contribution in [-0.2, 0) is 0 Å². The van der Waals surface area contributed by atoms with Crippen molar-refractivity contribution < 1.29 is 19.4 Å². The molecule has 1 aromatic heterocycles. The molecule has 3 rings (SSSR count). The maximum Gasteiger partial charge on any atom is 0.357 e. The molecule has 0 aliphatic carbocycles. The fraction of sp³-hybridized carbons (Fsp3) is 0.353. The van der Waals surface area contributed by atoms with E-state index in [0.29, 0.717) is 5.82 Å². The number of hydrogen-bond donors (Lipinski definition) is 0. The summed E-state index contributed by atoms with van der Waals surface area (Å²) in [4.78, 5) is 16.1. The van der Waals surface area contributed by atoms with Crippen molar-refractivity contribution in [2.45, 2.75) is 18.9 Å². The first-order chi connectivity index (χ1) is 11.7. The van der Waals surface area contributed by atoms with Crippen molar-refractivity contribution in [3.05, 3.63) is 52.2 Å². The average molecular weight is 330 g/mol. The molecule has 1 aliphatic rings. The largest absolute Gasteiger partial charge is 0.497 e. The molecule has 0 bridgehead atoms. The molecule has 7 heteroatoms. The highest BCUT2D eigenvalue weighted by Gasteiger charge is 2.39. The zero-order valence-electron chi connectivity index (χ0n) is 13.7. The second-order valence-electron chi connectivity index (χ2n) is 5.62. The zero-order valence-corrected chi connectivity index (χ0v) is 13.7. The molecule has 1 aromatic carbocycles. The maximum atomic E-state index is 11.3. The van der Waals surface area contributed by atoms with Crippen LogP contribution in [0.2, 0.25) is 0 Å². The summed E-state index contributed by atoms with van der Waals surface area (Å²) in [5.74, 6) is 1.98. The Labute approximate surface area is 140 Å². The Morgan fingerprint density at radius 2 is 2.12 bits per heavy atom. The summed E-state index contributed by atoms with van der Waals surface area (Å²) in [5.41, 5.74) is 1.08. The standard InChI is InChI=1S/C17H19N3O4/c1-23-12-7-8-13(16(11-12)24-2)14-6-4-10-19(14)17-15(20(21)22)5-3-9-18-17/h3,5,7-9,11,14H,4,6,10H2,1-2H3/p+1/t14-/m1/s1. The summed E-state index contributed by atoms with van der Waals surface area (Å²) in [7, 11) is 3.23. The molecule has 0 saturated carbocycles. The molecule has 7 nitrogen and oxygen atoms in total. The van der Waals surface area contributed by atoms with Crippen LogP contribution >= 0.6 is 0 Å². The number of methoxy groups -OCH3 is 2. The van der Waals surface area contributed by atoms with Gasteiger partial charge in [0.2, 0.25) is 0 Å². The number of aromatic nitrogens is 1. The van der Waals surface area contributed by atoms with Crippen molar-refractivity contribution in [1.82, 2.24) is 0 Å². The lowest BCUT2D eigenvalue weighted by molar-refractivity contribution is -0.411. The van der Waals surface area contributed by atoms with Gasteiger partial charge in [0.1, 0.15) is 17.5 Å². The summed E-state index contributed by atoms with van der Waals surface area (Å²) in [6.07, 6.45) is 3.57. The summed E-state index contributed by atoms with van der Waals surface area (Å²) in [5, 5.41) is 11.3. The number of pyridine rings is 1. The number of rotatable bonds is 5. The van der Waals surface area contributed by atoms with Crippen molar-refractivity contribution in [3.63, 3.8) is 0 Å². The lowest BCUT2D eigenvalue weighted by Crippen LogP contribution is -2.29. The number of ether oxygens (including phenoxy) is 2. The number of hydrogen-bond acceptors (Lipinski definition) is 5. The Kier molecular flexibility index (Phi) is 4.50. The summed E-state index contributed by atoms with van der Waals surface area (Å²) in [6.45, 7) is 0.751. The molecule has 1 fully saturated rings. The lowest BCUT2D eigenvalue weighted by Gasteiger charge is -2.21. The summed E-state index contributed by atoms with van der Waals surface area (Å²) >= 11 is 0. The Balaban J connectivity index is 2.02. The van der Waals surface area contributed by atoms with Gasteiger partial charge >= 0.3 is 11.5 Å². The molecule has 1 saturated heterocycles. The second-order valence-corrected chi connectivity index (χ2v) is 5.62. The van der Waals surface area contributed by atoms with E-state index in [1.807, 2.05) is 23.1 Å². The molecule has 0 unspecified atom stereocenters. The van der Waals surface area contributed by atoms with Crippen LogP contribution < -0.4 is 19.4 Å². The lowest BCUT2D eigenvalue weighted by atomic mass is 10.0. The molecule has 24 heavy (non-hydrogen) atoms. The monoisotopic (exact) mass is 330 g/mol. The van der Waals surface area contributed by atoms with Gasteiger partial charge in [-0.3, -0.25) is 10.1 Å². The van der Waals surface area contributed by atoms with Crippen LogP contribution in [0.3, 0.4) is 0 Å². The minimum Gasteiger partial charge on any atom is -0.497 e. The average Bonchev–Trinajstić information content (AvgIpc) is 3.10. The predicted molar refractivity (Wildman–Crippen MR) is 88.5 cm³/mol. The van der Waals surface area contributed by atoms with Crippen LogP contribution in [0.5, 0.6) is 11.5 Å². The van der Waals surface area contributed by atoms with Gasteiger partial charge < -0.3 is 9.47 Å². The van der Waals surface area contributed by atoms with Gasteiger partial charge in [-0.05, 0) is 31.0 Å². The van der Waals surface area contributed by atoms with Gasteiger partial charge in [-0.2, -0.15) is 0 Å². The van der Waals surface area contributed by atoms with Crippen LogP contribution in [0.25, 0.3) is 0 Å². The van der Waals surface area contributed by atoms with E-state index in [0.717, 1.165) is 36.4 Å². The Hall–Kier alpha value is -2.83. The van der Waals surface area contributed by atoms with Crippen molar-refractivity contribution in [3.8, 4) is 11.5 Å². The van der Waals surface area contributed by atoms with Gasteiger partial charge in [-0.15, -0.1) is 0 Å². The van der Waals surface area contributed by atoms with E-state index in [9.17, 15) is 10.1 Å². The van der Waals surface area contributed by atoms with Crippen LogP contribution in [0.1, 0.15) is 24.4 Å². The quantitative estimate of drug-likeness (QED) is 0.622. The molecular formula is C17H20N3O4+. The van der Waals surface area contributed by atoms with E-state index in [-0.39, 0.29) is 16.7 Å². The number of nitro groups is 1. The molecule has 126 valence electrons. The van der Waals surface area contributed by atoms with E-state index in [4.69, 9.17) is 9.47 Å². The highest BCUT2D eigenvalue weighted by Crippen LogP contribution is 2.41. The third-order valence-electron chi connectivity index (χ3n) is 4.35. The van der Waals surface area contributed by atoms with Crippen LogP contribution in [0, 0.1) is 10.1 Å². The van der Waals surface area contributed by atoms with E-state index >= 15 is 0 Å². The number of anilines is 1. The maximum absolute atomic E-state index is 11.3. The Morgan fingerprint density at radius 1 is 1.29 bits per heavy atom. The fourth-order valence-corrected chi connectivity index (χ4v) is 3.25. The van der Waals surface area contributed by atoms with Gasteiger partial charge in [0, 0.05) is 17.7 Å². The van der Waals surface area contributed by atoms with Crippen molar-refractivity contribution >= 4 is 11.5 Å². The van der Waals surface area contributed by atoms with Crippen molar-refractivity contribution in [2.24, 2.45) is 0 Å². The van der Waals surface area contributed by atoms with Crippen LogP contribution in [0.4, 0.5) is 11.5 Å². The number of nitrogens with zero attached hydrogens (tertiary/aromatic N) is 2. The van der Waals surface area contributed by atoms with Gasteiger partial charge in [-0.1, -0.05) is 0 Å². The van der Waals surface area contributed by atoms with E-state index in [1.54, 1.807) is 26.5 Å². The molecular weight excluding hydrogens is 310 g/mol. The van der Waals surface area contributed by atoms with Crippen molar-refractivity contribution in [1.29, 1.82) is 0 Å². The first-order valence-electron chi connectivity index (χ1n) is 7.79. The van der Waals surface area contributed by atoms with E-state index in [2.05, 4.69) is 4.98 Å². The highest BCUT2D eigenvalue weighted by atomic mass is 16.6. The normalized spacial score (nSPS) is 16.9. The molecule has 0 spiro atoms. The number of aromatic amines is 1. The second kappa shape index (κ2) is 6.74. The van der Waals surface area contributed by atoms with Gasteiger partial charge in [0.25, 0.3) is 0 Å². The topological polar surface area (TPSA) is 79.0 Å². The van der Waals surface area contributed by atoms with Gasteiger partial charge in [0.15, 0.2) is 0 Å². The summed E-state index contributed by atoms with van der Waals surface area (Å²) in [6, 6.07) is 8.87. The van der Waals surface area contributed by atoms with E-state index in [1.165, 1.54) is 6.07 Å². The SMILES string of the molecule is COc1ccc([C@H]2CCCN2c2[nH+]cccc2[N+](=O)[O-])c(OC)c1. The smallest absolute Gasteiger partial charge is 0.357 e. The number of benzene rings is 1. The molecule has 1 N–H and O–H groups in total. The van der Waals surface area contributed by atoms with E-state index < -0.39 is 0 Å². The molecule has 0 radical (unpaired) electrons. The predicted octanol–water partition coefficient (Wildman–Crippen LogP) is 2.77. The third-order valence-corrected chi connectivity index (χ3v) is 4.35. The minimum atomic E-state index is -0.355. The molecule has 0 amide bonds. The molecule has 2 aromatic rings. The van der Waals surface area contributed by atoms with Gasteiger partial charge in [0.05, 0.1) is 31.9 Å². The Morgan fingerprint density at radius 3 is 2.83 bits per heavy atom. The minimum absolute atomic E-state index is 0.0169. The molecule has 2 heterocycles.